The molecule has 0 aliphatic heterocycles. The molecule has 0 saturated carbocycles. The molecule has 1 rings (SSSR count). The van der Waals surface area contributed by atoms with Crippen molar-refractivity contribution in [3.05, 3.63) is 35.6 Å². The Kier molecular flexibility index (Phi) is 4.41. The summed E-state index contributed by atoms with van der Waals surface area (Å²) < 4.78 is 12.9. The first-order valence-corrected chi connectivity index (χ1v) is 5.23. The summed E-state index contributed by atoms with van der Waals surface area (Å²) in [6.45, 7) is 5.92. The van der Waals surface area contributed by atoms with E-state index in [9.17, 15) is 9.50 Å². The van der Waals surface area contributed by atoms with Crippen LogP contribution in [0.5, 0.6) is 0 Å². The second-order valence-electron chi connectivity index (χ2n) is 4.63. The lowest BCUT2D eigenvalue weighted by molar-refractivity contribution is -0.0835. The average Bonchev–Trinajstić information content (AvgIpc) is 2.15. The molecule has 0 aromatic heterocycles. The molecule has 4 heteroatoms. The number of halogens is 1. The number of hydrogen-bond acceptors (Lipinski definition) is 3. The zero-order valence-corrected chi connectivity index (χ0v) is 9.83. The van der Waals surface area contributed by atoms with Gasteiger partial charge in [0.25, 0.3) is 0 Å². The SMILES string of the molecule is CC(C)(C)ONCC(O)c1cccc(F)c1. The van der Waals surface area contributed by atoms with Gasteiger partial charge in [-0.2, -0.15) is 5.48 Å². The first-order valence-electron chi connectivity index (χ1n) is 5.23. The van der Waals surface area contributed by atoms with Gasteiger partial charge in [0.1, 0.15) is 5.82 Å². The van der Waals surface area contributed by atoms with Crippen LogP contribution in [0.4, 0.5) is 4.39 Å². The van der Waals surface area contributed by atoms with Gasteiger partial charge in [0.05, 0.1) is 18.2 Å². The van der Waals surface area contributed by atoms with E-state index in [0.29, 0.717) is 5.56 Å². The third-order valence-corrected chi connectivity index (χ3v) is 1.89. The molecule has 0 spiro atoms. The highest BCUT2D eigenvalue weighted by atomic mass is 19.1. The van der Waals surface area contributed by atoms with Gasteiger partial charge in [-0.3, -0.25) is 4.84 Å². The Morgan fingerprint density at radius 3 is 2.69 bits per heavy atom. The number of aliphatic hydroxyl groups excluding tert-OH is 1. The van der Waals surface area contributed by atoms with Crippen LogP contribution in [-0.2, 0) is 4.84 Å². The minimum atomic E-state index is -0.780. The van der Waals surface area contributed by atoms with Crippen molar-refractivity contribution in [2.24, 2.45) is 0 Å². The van der Waals surface area contributed by atoms with Crippen LogP contribution < -0.4 is 5.48 Å². The lowest BCUT2D eigenvalue weighted by Gasteiger charge is -2.21. The number of benzene rings is 1. The van der Waals surface area contributed by atoms with Crippen molar-refractivity contribution < 1.29 is 14.3 Å². The van der Waals surface area contributed by atoms with Gasteiger partial charge in [0.2, 0.25) is 0 Å². The third-order valence-electron chi connectivity index (χ3n) is 1.89. The largest absolute Gasteiger partial charge is 0.387 e. The maximum atomic E-state index is 12.9. The Labute approximate surface area is 95.2 Å². The van der Waals surface area contributed by atoms with Crippen molar-refractivity contribution in [1.29, 1.82) is 0 Å². The molecular formula is C12H18FNO2. The second kappa shape index (κ2) is 5.39. The van der Waals surface area contributed by atoms with Gasteiger partial charge in [0.15, 0.2) is 0 Å². The standard InChI is InChI=1S/C12H18FNO2/c1-12(2,3)16-14-8-11(15)9-5-4-6-10(13)7-9/h4-7,11,14-15H,8H2,1-3H3. The molecule has 0 heterocycles. The van der Waals surface area contributed by atoms with E-state index in [4.69, 9.17) is 4.84 Å². The fraction of sp³-hybridized carbons (Fsp3) is 0.500. The molecule has 1 unspecified atom stereocenters. The molecule has 0 aliphatic carbocycles. The van der Waals surface area contributed by atoms with E-state index in [0.717, 1.165) is 0 Å². The summed E-state index contributed by atoms with van der Waals surface area (Å²) in [6, 6.07) is 5.89. The number of rotatable bonds is 4. The fourth-order valence-electron chi connectivity index (χ4n) is 1.17. The average molecular weight is 227 g/mol. The van der Waals surface area contributed by atoms with Crippen LogP contribution in [0.2, 0.25) is 0 Å². The molecule has 0 amide bonds. The summed E-state index contributed by atoms with van der Waals surface area (Å²) in [5.41, 5.74) is 2.89. The maximum absolute atomic E-state index is 12.9. The van der Waals surface area contributed by atoms with Gasteiger partial charge in [0, 0.05) is 0 Å². The van der Waals surface area contributed by atoms with Crippen LogP contribution in [0.15, 0.2) is 24.3 Å². The molecule has 0 bridgehead atoms. The Morgan fingerprint density at radius 1 is 1.44 bits per heavy atom. The minimum Gasteiger partial charge on any atom is -0.387 e. The molecule has 90 valence electrons. The first-order chi connectivity index (χ1) is 7.38. The minimum absolute atomic E-state index is 0.223. The van der Waals surface area contributed by atoms with E-state index in [1.165, 1.54) is 12.1 Å². The van der Waals surface area contributed by atoms with Crippen molar-refractivity contribution in [2.45, 2.75) is 32.5 Å². The van der Waals surface area contributed by atoms with E-state index in [1.807, 2.05) is 20.8 Å². The smallest absolute Gasteiger partial charge is 0.123 e. The van der Waals surface area contributed by atoms with Crippen LogP contribution in [0.3, 0.4) is 0 Å². The Hall–Kier alpha value is -0.970. The van der Waals surface area contributed by atoms with E-state index in [-0.39, 0.29) is 18.0 Å². The second-order valence-corrected chi connectivity index (χ2v) is 4.63. The van der Waals surface area contributed by atoms with Gasteiger partial charge >= 0.3 is 0 Å². The van der Waals surface area contributed by atoms with Crippen molar-refractivity contribution in [1.82, 2.24) is 5.48 Å². The molecular weight excluding hydrogens is 209 g/mol. The third kappa shape index (κ3) is 4.70. The molecule has 1 aromatic carbocycles. The fourth-order valence-corrected chi connectivity index (χ4v) is 1.17. The van der Waals surface area contributed by atoms with E-state index >= 15 is 0 Å². The molecule has 0 radical (unpaired) electrons. The molecule has 16 heavy (non-hydrogen) atoms. The van der Waals surface area contributed by atoms with Crippen LogP contribution >= 0.6 is 0 Å². The summed E-state index contributed by atoms with van der Waals surface area (Å²) in [6.07, 6.45) is -0.780. The summed E-state index contributed by atoms with van der Waals surface area (Å²) in [5, 5.41) is 9.73. The highest BCUT2D eigenvalue weighted by Gasteiger charge is 2.12. The molecule has 1 aromatic rings. The molecule has 2 N–H and O–H groups in total. The topological polar surface area (TPSA) is 41.5 Å². The van der Waals surface area contributed by atoms with E-state index in [1.54, 1.807) is 12.1 Å². The highest BCUT2D eigenvalue weighted by Crippen LogP contribution is 2.13. The van der Waals surface area contributed by atoms with Gasteiger partial charge in [-0.25, -0.2) is 4.39 Å². The number of hydrogen-bond donors (Lipinski definition) is 2. The molecule has 0 aliphatic rings. The van der Waals surface area contributed by atoms with Crippen LogP contribution in [0.1, 0.15) is 32.4 Å². The highest BCUT2D eigenvalue weighted by molar-refractivity contribution is 5.18. The normalized spacial score (nSPS) is 13.8. The van der Waals surface area contributed by atoms with E-state index in [2.05, 4.69) is 5.48 Å². The van der Waals surface area contributed by atoms with Crippen LogP contribution in [-0.4, -0.2) is 17.3 Å². The Morgan fingerprint density at radius 2 is 2.12 bits per heavy atom. The van der Waals surface area contributed by atoms with Crippen molar-refractivity contribution >= 4 is 0 Å². The monoisotopic (exact) mass is 227 g/mol. The summed E-state index contributed by atoms with van der Waals surface area (Å²) >= 11 is 0. The van der Waals surface area contributed by atoms with Gasteiger partial charge in [-0.15, -0.1) is 0 Å². The number of aliphatic hydroxyl groups is 1. The lowest BCUT2D eigenvalue weighted by Crippen LogP contribution is -2.31. The Balaban J connectivity index is 2.44. The van der Waals surface area contributed by atoms with Crippen LogP contribution in [0, 0.1) is 5.82 Å². The molecule has 0 saturated heterocycles. The summed E-state index contributed by atoms with van der Waals surface area (Å²) in [7, 11) is 0. The van der Waals surface area contributed by atoms with E-state index < -0.39 is 6.10 Å². The van der Waals surface area contributed by atoms with Crippen LogP contribution in [0.25, 0.3) is 0 Å². The number of nitrogens with one attached hydrogen (secondary N) is 1. The predicted molar refractivity (Wildman–Crippen MR) is 60.2 cm³/mol. The summed E-state index contributed by atoms with van der Waals surface area (Å²) in [5.74, 6) is -0.353. The van der Waals surface area contributed by atoms with Gasteiger partial charge in [-0.1, -0.05) is 12.1 Å². The van der Waals surface area contributed by atoms with Gasteiger partial charge in [-0.05, 0) is 38.5 Å². The predicted octanol–water partition coefficient (Wildman–Crippen LogP) is 2.18. The van der Waals surface area contributed by atoms with Crippen molar-refractivity contribution in [3.8, 4) is 0 Å². The zero-order valence-electron chi connectivity index (χ0n) is 9.83. The summed E-state index contributed by atoms with van der Waals surface area (Å²) in [4.78, 5) is 5.25. The maximum Gasteiger partial charge on any atom is 0.123 e. The van der Waals surface area contributed by atoms with Crippen molar-refractivity contribution in [2.75, 3.05) is 6.54 Å². The zero-order chi connectivity index (χ0) is 12.2. The molecule has 1 atom stereocenters. The molecule has 3 nitrogen and oxygen atoms in total. The molecule has 0 fully saturated rings. The number of hydroxylamine groups is 1. The van der Waals surface area contributed by atoms with Crippen molar-refractivity contribution in [3.63, 3.8) is 0 Å². The first kappa shape index (κ1) is 13.1. The van der Waals surface area contributed by atoms with Gasteiger partial charge < -0.3 is 5.11 Å². The Bertz CT molecular complexity index is 336. The lowest BCUT2D eigenvalue weighted by atomic mass is 10.1. The quantitative estimate of drug-likeness (QED) is 0.775.